The number of hydrogen-bond acceptors (Lipinski definition) is 1. The lowest BCUT2D eigenvalue weighted by Crippen LogP contribution is -2.46. The molecule has 1 aliphatic rings. The van der Waals surface area contributed by atoms with Gasteiger partial charge in [0.2, 0.25) is 0 Å². The highest BCUT2D eigenvalue weighted by Gasteiger charge is 2.37. The van der Waals surface area contributed by atoms with Gasteiger partial charge in [-0.2, -0.15) is 0 Å². The summed E-state index contributed by atoms with van der Waals surface area (Å²) in [5.74, 6) is 0. The molecule has 1 saturated carbocycles. The Morgan fingerprint density at radius 2 is 2.00 bits per heavy atom. The van der Waals surface area contributed by atoms with Crippen LogP contribution in [0.2, 0.25) is 0 Å². The van der Waals surface area contributed by atoms with Crippen molar-refractivity contribution in [1.82, 2.24) is 4.90 Å². The van der Waals surface area contributed by atoms with Gasteiger partial charge in [0.15, 0.2) is 0 Å². The van der Waals surface area contributed by atoms with E-state index in [0.29, 0.717) is 11.5 Å². The van der Waals surface area contributed by atoms with E-state index in [-0.39, 0.29) is 0 Å². The number of nitrogens with zero attached hydrogens (tertiary/aromatic N) is 1. The number of alkyl halides is 1. The van der Waals surface area contributed by atoms with Gasteiger partial charge in [0.25, 0.3) is 0 Å². The third-order valence-corrected chi connectivity index (χ3v) is 4.67. The van der Waals surface area contributed by atoms with E-state index in [1.165, 1.54) is 44.1 Å². The topological polar surface area (TPSA) is 3.24 Å². The SMILES string of the molecule is CCCN(CC1(CBr)CCC1)C(C)C. The van der Waals surface area contributed by atoms with E-state index in [0.717, 1.165) is 0 Å². The van der Waals surface area contributed by atoms with Crippen LogP contribution in [0.5, 0.6) is 0 Å². The summed E-state index contributed by atoms with van der Waals surface area (Å²) >= 11 is 3.69. The van der Waals surface area contributed by atoms with Gasteiger partial charge in [-0.15, -0.1) is 0 Å². The molecule has 0 heterocycles. The zero-order valence-electron chi connectivity index (χ0n) is 9.85. The van der Waals surface area contributed by atoms with Gasteiger partial charge in [-0.25, -0.2) is 0 Å². The van der Waals surface area contributed by atoms with Gasteiger partial charge in [0.05, 0.1) is 0 Å². The zero-order chi connectivity index (χ0) is 10.6. The fourth-order valence-electron chi connectivity index (χ4n) is 2.25. The number of hydrogen-bond donors (Lipinski definition) is 0. The predicted octanol–water partition coefficient (Wildman–Crippen LogP) is 3.67. The van der Waals surface area contributed by atoms with Crippen molar-refractivity contribution in [3.8, 4) is 0 Å². The molecule has 0 spiro atoms. The Morgan fingerprint density at radius 3 is 2.29 bits per heavy atom. The average molecular weight is 262 g/mol. The van der Waals surface area contributed by atoms with Crippen molar-refractivity contribution in [2.45, 2.75) is 52.5 Å². The Kier molecular flexibility index (Phi) is 4.92. The molecule has 2 heteroatoms. The van der Waals surface area contributed by atoms with E-state index in [4.69, 9.17) is 0 Å². The Labute approximate surface area is 97.4 Å². The summed E-state index contributed by atoms with van der Waals surface area (Å²) in [5.41, 5.74) is 0.611. The smallest absolute Gasteiger partial charge is 0.0100 e. The predicted molar refractivity (Wildman–Crippen MR) is 67.1 cm³/mol. The molecule has 0 N–H and O–H groups in total. The molecule has 0 aromatic heterocycles. The van der Waals surface area contributed by atoms with Crippen LogP contribution in [0.25, 0.3) is 0 Å². The maximum Gasteiger partial charge on any atom is 0.0100 e. The normalized spacial score (nSPS) is 20.1. The van der Waals surface area contributed by atoms with Gasteiger partial charge in [-0.1, -0.05) is 29.3 Å². The van der Waals surface area contributed by atoms with Crippen LogP contribution in [-0.4, -0.2) is 29.4 Å². The van der Waals surface area contributed by atoms with Gasteiger partial charge in [0, 0.05) is 17.9 Å². The first-order valence-electron chi connectivity index (χ1n) is 5.93. The van der Waals surface area contributed by atoms with Crippen LogP contribution in [0.3, 0.4) is 0 Å². The van der Waals surface area contributed by atoms with Crippen molar-refractivity contribution < 1.29 is 0 Å². The van der Waals surface area contributed by atoms with E-state index in [1.807, 2.05) is 0 Å². The van der Waals surface area contributed by atoms with Crippen LogP contribution >= 0.6 is 15.9 Å². The second kappa shape index (κ2) is 5.50. The fraction of sp³-hybridized carbons (Fsp3) is 1.00. The van der Waals surface area contributed by atoms with Crippen molar-refractivity contribution in [1.29, 1.82) is 0 Å². The molecule has 84 valence electrons. The minimum Gasteiger partial charge on any atom is -0.300 e. The maximum absolute atomic E-state index is 3.69. The molecule has 0 radical (unpaired) electrons. The van der Waals surface area contributed by atoms with Gasteiger partial charge >= 0.3 is 0 Å². The highest BCUT2D eigenvalue weighted by molar-refractivity contribution is 9.09. The first-order valence-corrected chi connectivity index (χ1v) is 7.06. The summed E-state index contributed by atoms with van der Waals surface area (Å²) in [7, 11) is 0. The minimum atomic E-state index is 0.611. The first kappa shape index (κ1) is 12.5. The lowest BCUT2D eigenvalue weighted by atomic mass is 9.70. The van der Waals surface area contributed by atoms with Crippen molar-refractivity contribution in [3.63, 3.8) is 0 Å². The molecule has 0 amide bonds. The average Bonchev–Trinajstić information content (AvgIpc) is 2.09. The highest BCUT2D eigenvalue weighted by atomic mass is 79.9. The minimum absolute atomic E-state index is 0.611. The van der Waals surface area contributed by atoms with Crippen LogP contribution in [0, 0.1) is 5.41 Å². The fourth-order valence-corrected chi connectivity index (χ4v) is 2.99. The molecular weight excluding hydrogens is 238 g/mol. The van der Waals surface area contributed by atoms with Gasteiger partial charge in [-0.05, 0) is 45.1 Å². The van der Waals surface area contributed by atoms with Crippen LogP contribution in [0.15, 0.2) is 0 Å². The van der Waals surface area contributed by atoms with Crippen LogP contribution in [0.4, 0.5) is 0 Å². The van der Waals surface area contributed by atoms with Gasteiger partial charge in [0.1, 0.15) is 0 Å². The summed E-state index contributed by atoms with van der Waals surface area (Å²) in [5, 5.41) is 1.19. The van der Waals surface area contributed by atoms with E-state index < -0.39 is 0 Å². The van der Waals surface area contributed by atoms with Crippen LogP contribution < -0.4 is 0 Å². The Balaban J connectivity index is 2.44. The molecule has 0 unspecified atom stereocenters. The Morgan fingerprint density at radius 1 is 1.36 bits per heavy atom. The molecule has 0 saturated heterocycles. The molecular formula is C12H24BrN. The zero-order valence-corrected chi connectivity index (χ0v) is 11.4. The molecule has 1 aliphatic carbocycles. The lowest BCUT2D eigenvalue weighted by Gasteiger charge is -2.45. The maximum atomic E-state index is 3.69. The molecule has 1 fully saturated rings. The van der Waals surface area contributed by atoms with E-state index in [1.54, 1.807) is 0 Å². The molecule has 0 aromatic carbocycles. The standard InChI is InChI=1S/C12H24BrN/c1-4-8-14(11(2)3)10-12(9-13)6-5-7-12/h11H,4-10H2,1-3H3. The van der Waals surface area contributed by atoms with E-state index in [9.17, 15) is 0 Å². The van der Waals surface area contributed by atoms with Crippen molar-refractivity contribution in [2.75, 3.05) is 18.4 Å². The molecule has 0 bridgehead atoms. The van der Waals surface area contributed by atoms with Gasteiger partial charge < -0.3 is 4.90 Å². The Hall–Kier alpha value is 0.440. The monoisotopic (exact) mass is 261 g/mol. The highest BCUT2D eigenvalue weighted by Crippen LogP contribution is 2.43. The van der Waals surface area contributed by atoms with Gasteiger partial charge in [-0.3, -0.25) is 0 Å². The Bertz CT molecular complexity index is 158. The van der Waals surface area contributed by atoms with Crippen LogP contribution in [0.1, 0.15) is 46.5 Å². The summed E-state index contributed by atoms with van der Waals surface area (Å²) in [6.07, 6.45) is 5.55. The summed E-state index contributed by atoms with van der Waals surface area (Å²) in [6.45, 7) is 9.46. The second-order valence-corrected chi connectivity index (χ2v) is 5.61. The molecule has 0 aliphatic heterocycles. The summed E-state index contributed by atoms with van der Waals surface area (Å²) < 4.78 is 0. The molecule has 0 atom stereocenters. The van der Waals surface area contributed by atoms with E-state index in [2.05, 4.69) is 41.6 Å². The summed E-state index contributed by atoms with van der Waals surface area (Å²) in [6, 6.07) is 0.700. The van der Waals surface area contributed by atoms with Crippen LogP contribution in [-0.2, 0) is 0 Å². The van der Waals surface area contributed by atoms with Crippen molar-refractivity contribution in [2.24, 2.45) is 5.41 Å². The number of rotatable bonds is 6. The van der Waals surface area contributed by atoms with Crippen molar-refractivity contribution >= 4 is 15.9 Å². The van der Waals surface area contributed by atoms with E-state index >= 15 is 0 Å². The largest absolute Gasteiger partial charge is 0.300 e. The lowest BCUT2D eigenvalue weighted by molar-refractivity contribution is 0.0734. The molecule has 14 heavy (non-hydrogen) atoms. The summed E-state index contributed by atoms with van der Waals surface area (Å²) in [4.78, 5) is 2.64. The molecule has 1 nitrogen and oxygen atoms in total. The molecule has 0 aromatic rings. The number of halogens is 1. The van der Waals surface area contributed by atoms with Crippen molar-refractivity contribution in [3.05, 3.63) is 0 Å². The third-order valence-electron chi connectivity index (χ3n) is 3.48. The first-order chi connectivity index (χ1) is 6.63. The second-order valence-electron chi connectivity index (χ2n) is 5.05. The quantitative estimate of drug-likeness (QED) is 0.660. The molecule has 1 rings (SSSR count). The third kappa shape index (κ3) is 2.96.